The number of benzene rings is 1. The van der Waals surface area contributed by atoms with Crippen LogP contribution in [0.4, 0.5) is 5.69 Å². The Kier molecular flexibility index (Phi) is 5.73. The van der Waals surface area contributed by atoms with Crippen LogP contribution < -0.4 is 15.8 Å². The van der Waals surface area contributed by atoms with Crippen LogP contribution in [0, 0.1) is 13.8 Å². The maximum absolute atomic E-state index is 12.8. The first-order valence-electron chi connectivity index (χ1n) is 11.4. The van der Waals surface area contributed by atoms with Gasteiger partial charge in [-0.15, -0.1) is 11.3 Å². The number of aromatic nitrogens is 2. The predicted molar refractivity (Wildman–Crippen MR) is 129 cm³/mol. The molecular formula is C24H29N5O2S. The summed E-state index contributed by atoms with van der Waals surface area (Å²) in [5.41, 5.74) is 3.33. The summed E-state index contributed by atoms with van der Waals surface area (Å²) >= 11 is 1.34. The normalized spacial score (nSPS) is 16.5. The first-order valence-corrected chi connectivity index (χ1v) is 12.2. The van der Waals surface area contributed by atoms with Gasteiger partial charge in [-0.3, -0.25) is 19.1 Å². The minimum absolute atomic E-state index is 0.00165. The number of rotatable bonds is 5. The largest absolute Gasteiger partial charge is 0.369 e. The summed E-state index contributed by atoms with van der Waals surface area (Å²) in [6.45, 7) is 10.1. The second-order valence-electron chi connectivity index (χ2n) is 8.75. The van der Waals surface area contributed by atoms with Gasteiger partial charge in [0.15, 0.2) is 0 Å². The topological polar surface area (TPSA) is 70.5 Å². The quantitative estimate of drug-likeness (QED) is 0.646. The first-order chi connectivity index (χ1) is 15.5. The van der Waals surface area contributed by atoms with Crippen LogP contribution in [0.15, 0.2) is 29.1 Å². The zero-order chi connectivity index (χ0) is 22.2. The molecule has 1 saturated heterocycles. The standard InChI is InChI=1S/C24H29N5O2S/c1-16-5-3-6-18(15-16)28-13-11-27(12-14-28)10-8-25-22(30)21-17(2)20-23(32-21)26-19-7-4-9-29(19)24(20)31/h3,5-6,15H,4,7-14H2,1-2H3,(H,25,30). The van der Waals surface area contributed by atoms with Crippen molar-refractivity contribution in [2.75, 3.05) is 44.2 Å². The Bertz CT molecular complexity index is 1220. The van der Waals surface area contributed by atoms with Gasteiger partial charge in [-0.1, -0.05) is 12.1 Å². The highest BCUT2D eigenvalue weighted by atomic mass is 32.1. The lowest BCUT2D eigenvalue weighted by atomic mass is 10.2. The monoisotopic (exact) mass is 451 g/mol. The van der Waals surface area contributed by atoms with Crippen molar-refractivity contribution in [2.45, 2.75) is 33.2 Å². The molecule has 0 bridgehead atoms. The van der Waals surface area contributed by atoms with Crippen LogP contribution in [-0.4, -0.2) is 59.6 Å². The summed E-state index contributed by atoms with van der Waals surface area (Å²) in [6, 6.07) is 8.64. The van der Waals surface area contributed by atoms with Crippen molar-refractivity contribution in [3.63, 3.8) is 0 Å². The van der Waals surface area contributed by atoms with Gasteiger partial charge in [0.25, 0.3) is 11.5 Å². The molecule has 0 unspecified atom stereocenters. The van der Waals surface area contributed by atoms with Crippen LogP contribution >= 0.6 is 11.3 Å². The molecule has 0 spiro atoms. The molecule has 5 rings (SSSR count). The summed E-state index contributed by atoms with van der Waals surface area (Å²) < 4.78 is 1.76. The molecule has 2 aromatic heterocycles. The fourth-order valence-corrected chi connectivity index (χ4v) is 5.86. The fraction of sp³-hybridized carbons (Fsp3) is 0.458. The molecule has 168 valence electrons. The number of amides is 1. The van der Waals surface area contributed by atoms with E-state index < -0.39 is 0 Å². The van der Waals surface area contributed by atoms with Crippen LogP contribution in [0.2, 0.25) is 0 Å². The molecule has 3 aromatic rings. The lowest BCUT2D eigenvalue weighted by Gasteiger charge is -2.36. The number of thiophene rings is 1. The van der Waals surface area contributed by atoms with E-state index in [1.54, 1.807) is 4.57 Å². The highest BCUT2D eigenvalue weighted by molar-refractivity contribution is 7.20. The molecule has 1 amide bonds. The Morgan fingerprint density at radius 2 is 1.97 bits per heavy atom. The number of aryl methyl sites for hydroxylation is 3. The number of carbonyl (C=O) groups is 1. The van der Waals surface area contributed by atoms with E-state index in [4.69, 9.17) is 0 Å². The first kappa shape index (κ1) is 21.2. The van der Waals surface area contributed by atoms with E-state index in [0.717, 1.165) is 63.5 Å². The lowest BCUT2D eigenvalue weighted by Crippen LogP contribution is -2.48. The second-order valence-corrected chi connectivity index (χ2v) is 9.75. The van der Waals surface area contributed by atoms with Crippen molar-refractivity contribution in [1.29, 1.82) is 0 Å². The van der Waals surface area contributed by atoms with Crippen molar-refractivity contribution in [3.8, 4) is 0 Å². The van der Waals surface area contributed by atoms with Crippen LogP contribution in [0.25, 0.3) is 10.2 Å². The number of hydrogen-bond donors (Lipinski definition) is 1. The molecule has 1 N–H and O–H groups in total. The number of fused-ring (bicyclic) bond motifs is 2. The van der Waals surface area contributed by atoms with Gasteiger partial charge in [-0.2, -0.15) is 0 Å². The predicted octanol–water partition coefficient (Wildman–Crippen LogP) is 2.57. The number of anilines is 1. The maximum Gasteiger partial charge on any atom is 0.262 e. The third-order valence-corrected chi connectivity index (χ3v) is 7.75. The SMILES string of the molecule is Cc1cccc(N2CCN(CCNC(=O)c3sc4nc5n(c(=O)c4c3C)CCC5)CC2)c1. The van der Waals surface area contributed by atoms with E-state index in [9.17, 15) is 9.59 Å². The molecule has 2 aliphatic rings. The Labute approximate surface area is 191 Å². The summed E-state index contributed by atoms with van der Waals surface area (Å²) in [5, 5.41) is 3.66. The Hall–Kier alpha value is -2.71. The molecule has 4 heterocycles. The van der Waals surface area contributed by atoms with Gasteiger partial charge >= 0.3 is 0 Å². The van der Waals surface area contributed by atoms with Crippen LogP contribution in [0.3, 0.4) is 0 Å². The van der Waals surface area contributed by atoms with Crippen molar-refractivity contribution >= 4 is 33.1 Å². The number of hydrogen-bond acceptors (Lipinski definition) is 6. The molecule has 32 heavy (non-hydrogen) atoms. The summed E-state index contributed by atoms with van der Waals surface area (Å²) in [4.78, 5) is 36.5. The van der Waals surface area contributed by atoms with E-state index in [-0.39, 0.29) is 11.5 Å². The Balaban J connectivity index is 1.17. The lowest BCUT2D eigenvalue weighted by molar-refractivity contribution is 0.0951. The molecule has 1 aromatic carbocycles. The highest BCUT2D eigenvalue weighted by Crippen LogP contribution is 2.28. The Morgan fingerprint density at radius 1 is 1.16 bits per heavy atom. The van der Waals surface area contributed by atoms with Gasteiger partial charge in [-0.05, 0) is 43.5 Å². The average molecular weight is 452 g/mol. The second kappa shape index (κ2) is 8.67. The van der Waals surface area contributed by atoms with E-state index >= 15 is 0 Å². The van der Waals surface area contributed by atoms with Crippen molar-refractivity contribution in [2.24, 2.45) is 0 Å². The smallest absolute Gasteiger partial charge is 0.262 e. The van der Waals surface area contributed by atoms with Crippen LogP contribution in [-0.2, 0) is 13.0 Å². The third kappa shape index (κ3) is 3.93. The van der Waals surface area contributed by atoms with Gasteiger partial charge < -0.3 is 10.2 Å². The molecule has 1 fully saturated rings. The summed E-state index contributed by atoms with van der Waals surface area (Å²) in [6.07, 6.45) is 1.80. The van der Waals surface area contributed by atoms with Crippen LogP contribution in [0.5, 0.6) is 0 Å². The summed E-state index contributed by atoms with van der Waals surface area (Å²) in [5.74, 6) is 0.744. The molecule has 8 heteroatoms. The average Bonchev–Trinajstić information content (AvgIpc) is 3.39. The van der Waals surface area contributed by atoms with Crippen molar-refractivity contribution in [1.82, 2.24) is 19.8 Å². The molecule has 0 saturated carbocycles. The molecular weight excluding hydrogens is 422 g/mol. The van der Waals surface area contributed by atoms with Gasteiger partial charge in [0.1, 0.15) is 10.7 Å². The van der Waals surface area contributed by atoms with E-state index in [1.807, 2.05) is 6.92 Å². The van der Waals surface area contributed by atoms with Crippen LogP contribution in [0.1, 0.15) is 33.0 Å². The van der Waals surface area contributed by atoms with Gasteiger partial charge in [0.05, 0.1) is 10.3 Å². The van der Waals surface area contributed by atoms with E-state index in [1.165, 1.54) is 22.6 Å². The number of nitrogens with one attached hydrogen (secondary N) is 1. The van der Waals surface area contributed by atoms with Gasteiger partial charge in [0, 0.05) is 57.9 Å². The number of carbonyl (C=O) groups excluding carboxylic acids is 1. The minimum Gasteiger partial charge on any atom is -0.369 e. The fourth-order valence-electron chi connectivity index (χ4n) is 4.75. The Morgan fingerprint density at radius 3 is 2.75 bits per heavy atom. The molecule has 2 aliphatic heterocycles. The molecule has 0 aliphatic carbocycles. The molecule has 7 nitrogen and oxygen atoms in total. The zero-order valence-electron chi connectivity index (χ0n) is 18.7. The summed E-state index contributed by atoms with van der Waals surface area (Å²) in [7, 11) is 0. The number of nitrogens with zero attached hydrogens (tertiary/aromatic N) is 4. The number of piperazine rings is 1. The van der Waals surface area contributed by atoms with E-state index in [0.29, 0.717) is 21.6 Å². The molecule has 0 atom stereocenters. The maximum atomic E-state index is 12.8. The van der Waals surface area contributed by atoms with Gasteiger partial charge in [-0.25, -0.2) is 4.98 Å². The van der Waals surface area contributed by atoms with Gasteiger partial charge in [0.2, 0.25) is 0 Å². The minimum atomic E-state index is -0.103. The molecule has 0 radical (unpaired) electrons. The van der Waals surface area contributed by atoms with E-state index in [2.05, 4.69) is 51.3 Å². The van der Waals surface area contributed by atoms with Crippen molar-refractivity contribution in [3.05, 3.63) is 56.4 Å². The zero-order valence-corrected chi connectivity index (χ0v) is 19.5. The highest BCUT2D eigenvalue weighted by Gasteiger charge is 2.23. The third-order valence-electron chi connectivity index (χ3n) is 6.57. The van der Waals surface area contributed by atoms with Crippen molar-refractivity contribution < 1.29 is 4.79 Å².